The van der Waals surface area contributed by atoms with Crippen molar-refractivity contribution in [3.63, 3.8) is 0 Å². The van der Waals surface area contributed by atoms with Gasteiger partial charge in [-0.05, 0) is 0 Å². The topological polar surface area (TPSA) is 136 Å². The van der Waals surface area contributed by atoms with Crippen molar-refractivity contribution in [3.8, 4) is 0 Å². The molecule has 4 atom stereocenters. The summed E-state index contributed by atoms with van der Waals surface area (Å²) >= 11 is 0. The Morgan fingerprint density at radius 1 is 0.632 bits per heavy atom. The molecule has 0 radical (unpaired) electrons. The van der Waals surface area contributed by atoms with Crippen molar-refractivity contribution in [2.24, 2.45) is 0 Å². The second-order valence-corrected chi connectivity index (χ2v) is 3.61. The summed E-state index contributed by atoms with van der Waals surface area (Å²) in [5.41, 5.74) is 0. The van der Waals surface area contributed by atoms with Gasteiger partial charge in [0.05, 0.1) is 0 Å². The van der Waals surface area contributed by atoms with Crippen molar-refractivity contribution < 1.29 is 47.6 Å². The third kappa shape index (κ3) is 1.99. The molecule has 11 heteroatoms. The fraction of sp³-hybridized carbons (Fsp3) is 0.500. The first kappa shape index (κ1) is 11.5. The summed E-state index contributed by atoms with van der Waals surface area (Å²) in [7, 11) is 0. The molecule has 0 spiro atoms. The van der Waals surface area contributed by atoms with E-state index in [0.717, 1.165) is 0 Å². The van der Waals surface area contributed by atoms with Crippen LogP contribution in [0.15, 0.2) is 0 Å². The molecule has 3 aliphatic rings. The first-order chi connectivity index (χ1) is 9.02. The Morgan fingerprint density at radius 2 is 1.00 bits per heavy atom. The lowest BCUT2D eigenvalue weighted by Crippen LogP contribution is -2.39. The van der Waals surface area contributed by atoms with Gasteiger partial charge in [0.15, 0.2) is 12.2 Å². The highest BCUT2D eigenvalue weighted by Crippen LogP contribution is 2.27. The van der Waals surface area contributed by atoms with Crippen molar-refractivity contribution in [2.45, 2.75) is 24.7 Å². The maximum Gasteiger partial charge on any atom is 0.520 e. The molecule has 3 aliphatic heterocycles. The molecule has 0 aromatic rings. The molecule has 4 unspecified atom stereocenters. The molecule has 3 saturated heterocycles. The molecule has 1 N–H and O–H groups in total. The van der Waals surface area contributed by atoms with E-state index in [0.29, 0.717) is 0 Å². The summed E-state index contributed by atoms with van der Waals surface area (Å²) in [6.45, 7) is 0. The van der Waals surface area contributed by atoms with E-state index in [2.05, 4.69) is 24.3 Å². The molecule has 0 saturated carbocycles. The quantitative estimate of drug-likeness (QED) is 0.350. The Balaban J connectivity index is 1.86. The molecule has 3 fully saturated rings. The smallest absolute Gasteiger partial charge is 0.421 e. The van der Waals surface area contributed by atoms with E-state index in [1.807, 2.05) is 0 Å². The summed E-state index contributed by atoms with van der Waals surface area (Å²) in [6, 6.07) is 0. The van der Waals surface area contributed by atoms with Gasteiger partial charge in [0, 0.05) is 0 Å². The molecular formula is C8H5NO10. The molecule has 11 nitrogen and oxygen atoms in total. The maximum atomic E-state index is 11.1. The zero-order valence-electron chi connectivity index (χ0n) is 8.89. The molecule has 0 bridgehead atoms. The molecule has 102 valence electrons. The van der Waals surface area contributed by atoms with E-state index < -0.39 is 49.3 Å². The Morgan fingerprint density at radius 3 is 1.42 bits per heavy atom. The van der Waals surface area contributed by atoms with Crippen molar-refractivity contribution in [3.05, 3.63) is 0 Å². The standard InChI is InChI=1S/C8H5NO10/c10-5-14-1-2-4(9-3(1)16-7(12)18-5)17-8(13)19-6(11)15-2/h1-4,9H. The number of cyclic esters (lactones) is 4. The monoisotopic (exact) mass is 275 g/mol. The average molecular weight is 275 g/mol. The third-order valence-corrected chi connectivity index (χ3v) is 2.49. The number of hydrogen-bond donors (Lipinski definition) is 1. The Labute approximate surface area is 103 Å². The SMILES string of the molecule is O=C1OC(=O)OC2C(NC3OC(=O)OC(=O)OC32)O1. The van der Waals surface area contributed by atoms with Crippen LogP contribution in [-0.2, 0) is 28.4 Å². The number of fused-ring (bicyclic) bond motifs is 3. The van der Waals surface area contributed by atoms with E-state index in [1.165, 1.54) is 0 Å². The van der Waals surface area contributed by atoms with E-state index >= 15 is 0 Å². The zero-order chi connectivity index (χ0) is 13.6. The second kappa shape index (κ2) is 3.98. The van der Waals surface area contributed by atoms with E-state index in [-0.39, 0.29) is 0 Å². The van der Waals surface area contributed by atoms with Crippen LogP contribution in [0.25, 0.3) is 0 Å². The van der Waals surface area contributed by atoms with Gasteiger partial charge >= 0.3 is 24.6 Å². The van der Waals surface area contributed by atoms with Crippen LogP contribution in [0, 0.1) is 0 Å². The lowest BCUT2D eigenvalue weighted by Gasteiger charge is -2.17. The summed E-state index contributed by atoms with van der Waals surface area (Å²) in [5, 5.41) is 2.48. The van der Waals surface area contributed by atoms with Crippen LogP contribution < -0.4 is 5.32 Å². The van der Waals surface area contributed by atoms with Gasteiger partial charge in [-0.25, -0.2) is 24.5 Å². The fourth-order valence-electron chi connectivity index (χ4n) is 1.82. The van der Waals surface area contributed by atoms with Gasteiger partial charge in [0.25, 0.3) is 0 Å². The summed E-state index contributed by atoms with van der Waals surface area (Å²) < 4.78 is 26.9. The second-order valence-electron chi connectivity index (χ2n) is 3.61. The number of rotatable bonds is 0. The van der Waals surface area contributed by atoms with Crippen molar-refractivity contribution in [1.29, 1.82) is 0 Å². The van der Waals surface area contributed by atoms with Crippen LogP contribution in [0.5, 0.6) is 0 Å². The molecule has 3 rings (SSSR count). The molecule has 0 amide bonds. The maximum absolute atomic E-state index is 11.1. The number of carbonyl (C=O) groups excluding carboxylic acids is 4. The van der Waals surface area contributed by atoms with Crippen LogP contribution in [-0.4, -0.2) is 49.3 Å². The van der Waals surface area contributed by atoms with Gasteiger partial charge in [-0.2, -0.15) is 0 Å². The van der Waals surface area contributed by atoms with Crippen LogP contribution >= 0.6 is 0 Å². The van der Waals surface area contributed by atoms with Crippen LogP contribution in [0.3, 0.4) is 0 Å². The lowest BCUT2D eigenvalue weighted by molar-refractivity contribution is -0.0476. The highest BCUT2D eigenvalue weighted by Gasteiger charge is 2.56. The van der Waals surface area contributed by atoms with Crippen LogP contribution in [0.1, 0.15) is 0 Å². The van der Waals surface area contributed by atoms with E-state index in [9.17, 15) is 19.2 Å². The van der Waals surface area contributed by atoms with Crippen molar-refractivity contribution in [1.82, 2.24) is 5.32 Å². The average Bonchev–Trinajstić information content (AvgIpc) is 2.44. The van der Waals surface area contributed by atoms with Crippen LogP contribution in [0.4, 0.5) is 19.2 Å². The molecule has 19 heavy (non-hydrogen) atoms. The third-order valence-electron chi connectivity index (χ3n) is 2.49. The first-order valence-corrected chi connectivity index (χ1v) is 4.97. The minimum Gasteiger partial charge on any atom is -0.421 e. The van der Waals surface area contributed by atoms with Crippen molar-refractivity contribution in [2.75, 3.05) is 0 Å². The predicted octanol–water partition coefficient (Wildman–Crippen LogP) is -0.414. The minimum atomic E-state index is -1.33. The minimum absolute atomic E-state index is 1.19. The summed E-state index contributed by atoms with van der Waals surface area (Å²) in [5.74, 6) is 0. The number of nitrogens with one attached hydrogen (secondary N) is 1. The van der Waals surface area contributed by atoms with E-state index in [4.69, 9.17) is 9.47 Å². The summed E-state index contributed by atoms with van der Waals surface area (Å²) in [6.07, 6.45) is -10.1. The predicted molar refractivity (Wildman–Crippen MR) is 46.4 cm³/mol. The van der Waals surface area contributed by atoms with Gasteiger partial charge in [-0.1, -0.05) is 0 Å². The molecule has 3 heterocycles. The number of carbonyl (C=O) groups is 4. The van der Waals surface area contributed by atoms with Gasteiger partial charge in [-0.15, -0.1) is 0 Å². The van der Waals surface area contributed by atoms with Gasteiger partial charge in [-0.3, -0.25) is 0 Å². The Bertz CT molecular complexity index is 432. The van der Waals surface area contributed by atoms with Crippen molar-refractivity contribution >= 4 is 24.6 Å². The Kier molecular flexibility index (Phi) is 2.41. The van der Waals surface area contributed by atoms with Gasteiger partial charge < -0.3 is 28.4 Å². The van der Waals surface area contributed by atoms with Crippen LogP contribution in [0.2, 0.25) is 0 Å². The number of hydrogen-bond acceptors (Lipinski definition) is 11. The summed E-state index contributed by atoms with van der Waals surface area (Å²) in [4.78, 5) is 44.2. The molecular weight excluding hydrogens is 270 g/mol. The lowest BCUT2D eigenvalue weighted by atomic mass is 10.2. The van der Waals surface area contributed by atoms with Gasteiger partial charge in [0.2, 0.25) is 12.5 Å². The first-order valence-electron chi connectivity index (χ1n) is 4.97. The molecule has 0 aromatic heterocycles. The number of ether oxygens (including phenoxy) is 6. The Hall–Kier alpha value is -2.56. The largest absolute Gasteiger partial charge is 0.520 e. The molecule has 0 aliphatic carbocycles. The fourth-order valence-corrected chi connectivity index (χ4v) is 1.82. The highest BCUT2D eigenvalue weighted by atomic mass is 16.9. The highest BCUT2D eigenvalue weighted by molar-refractivity contribution is 5.79. The van der Waals surface area contributed by atoms with E-state index in [1.54, 1.807) is 0 Å². The zero-order valence-corrected chi connectivity index (χ0v) is 8.89. The van der Waals surface area contributed by atoms with Gasteiger partial charge in [0.1, 0.15) is 0 Å². The molecule has 0 aromatic carbocycles. The normalized spacial score (nSPS) is 37.1.